The summed E-state index contributed by atoms with van der Waals surface area (Å²) in [5, 5.41) is 7.39. The number of rotatable bonds is 4. The number of carbonyl (C=O) groups is 1. The van der Waals surface area contributed by atoms with Gasteiger partial charge in [0, 0.05) is 6.20 Å². The van der Waals surface area contributed by atoms with Gasteiger partial charge in [0.1, 0.15) is 5.69 Å². The first kappa shape index (κ1) is 13.9. The van der Waals surface area contributed by atoms with Crippen LogP contribution in [-0.4, -0.2) is 20.5 Å². The summed E-state index contributed by atoms with van der Waals surface area (Å²) >= 11 is 0. The first-order valence-electron chi connectivity index (χ1n) is 7.88. The molecule has 0 bridgehead atoms. The van der Waals surface area contributed by atoms with Gasteiger partial charge in [0.2, 0.25) is 0 Å². The molecular weight excluding hydrogens is 288 g/mol. The van der Waals surface area contributed by atoms with Crippen molar-refractivity contribution in [3.63, 3.8) is 0 Å². The van der Waals surface area contributed by atoms with Crippen LogP contribution in [0.2, 0.25) is 0 Å². The second-order valence-electron chi connectivity index (χ2n) is 6.13. The molecular formula is C18H18N4O. The molecule has 0 radical (unpaired) electrons. The lowest BCUT2D eigenvalue weighted by atomic mass is 10.1. The number of aromatic nitrogens is 3. The molecule has 0 unspecified atom stereocenters. The van der Waals surface area contributed by atoms with E-state index in [9.17, 15) is 4.79 Å². The quantitative estimate of drug-likeness (QED) is 0.806. The molecule has 1 aliphatic carbocycles. The molecule has 0 aliphatic heterocycles. The maximum atomic E-state index is 12.8. The molecule has 3 heterocycles. The molecule has 1 atom stereocenters. The number of amides is 1. The van der Waals surface area contributed by atoms with Crippen molar-refractivity contribution in [2.75, 3.05) is 0 Å². The summed E-state index contributed by atoms with van der Waals surface area (Å²) in [6.45, 7) is 2.04. The van der Waals surface area contributed by atoms with Gasteiger partial charge >= 0.3 is 0 Å². The highest BCUT2D eigenvalue weighted by atomic mass is 16.2. The molecule has 23 heavy (non-hydrogen) atoms. The molecule has 116 valence electrons. The highest BCUT2D eigenvalue weighted by Crippen LogP contribution is 2.40. The average Bonchev–Trinajstić information content (AvgIpc) is 3.28. The van der Waals surface area contributed by atoms with E-state index in [4.69, 9.17) is 0 Å². The second kappa shape index (κ2) is 5.50. The van der Waals surface area contributed by atoms with Gasteiger partial charge < -0.3 is 5.32 Å². The molecule has 1 N–H and O–H groups in total. The number of hydrogen-bond donors (Lipinski definition) is 1. The number of aryl methyl sites for hydroxylation is 1. The van der Waals surface area contributed by atoms with E-state index in [0.29, 0.717) is 11.6 Å². The van der Waals surface area contributed by atoms with Crippen LogP contribution in [0.5, 0.6) is 0 Å². The fraction of sp³-hybridized carbons (Fsp3) is 0.278. The van der Waals surface area contributed by atoms with Gasteiger partial charge in [-0.05, 0) is 61.6 Å². The minimum atomic E-state index is -0.112. The van der Waals surface area contributed by atoms with Crippen LogP contribution in [0.3, 0.4) is 0 Å². The molecule has 1 fully saturated rings. The fourth-order valence-corrected chi connectivity index (χ4v) is 2.93. The molecule has 5 heteroatoms. The number of nitrogens with zero attached hydrogens (tertiary/aromatic N) is 3. The van der Waals surface area contributed by atoms with Crippen LogP contribution < -0.4 is 5.32 Å². The summed E-state index contributed by atoms with van der Waals surface area (Å²) in [6.07, 6.45) is 5.77. The predicted molar refractivity (Wildman–Crippen MR) is 87.1 cm³/mol. The summed E-state index contributed by atoms with van der Waals surface area (Å²) in [5.41, 5.74) is 3.55. The molecule has 0 spiro atoms. The predicted octanol–water partition coefficient (Wildman–Crippen LogP) is 2.92. The Hall–Kier alpha value is -2.69. The van der Waals surface area contributed by atoms with E-state index in [-0.39, 0.29) is 11.9 Å². The molecule has 4 rings (SSSR count). The van der Waals surface area contributed by atoms with Gasteiger partial charge in [-0.15, -0.1) is 0 Å². The van der Waals surface area contributed by atoms with Gasteiger partial charge in [0.15, 0.2) is 0 Å². The van der Waals surface area contributed by atoms with E-state index in [2.05, 4.69) is 21.5 Å². The van der Waals surface area contributed by atoms with Crippen molar-refractivity contribution in [2.24, 2.45) is 5.92 Å². The van der Waals surface area contributed by atoms with Gasteiger partial charge in [0.05, 0.1) is 23.4 Å². The van der Waals surface area contributed by atoms with Crippen molar-refractivity contribution in [1.82, 2.24) is 19.9 Å². The molecule has 1 amide bonds. The number of pyridine rings is 2. The Bertz CT molecular complexity index is 866. The van der Waals surface area contributed by atoms with E-state index in [1.54, 1.807) is 23.0 Å². The third kappa shape index (κ3) is 2.70. The lowest BCUT2D eigenvalue weighted by Gasteiger charge is -2.18. The Kier molecular flexibility index (Phi) is 3.33. The Morgan fingerprint density at radius 1 is 1.26 bits per heavy atom. The first-order chi connectivity index (χ1) is 11.2. The minimum Gasteiger partial charge on any atom is -0.342 e. The van der Waals surface area contributed by atoms with Gasteiger partial charge in [-0.1, -0.05) is 6.07 Å². The highest BCUT2D eigenvalue weighted by molar-refractivity contribution is 5.93. The van der Waals surface area contributed by atoms with Crippen LogP contribution in [0.4, 0.5) is 0 Å². The Morgan fingerprint density at radius 3 is 2.91 bits per heavy atom. The normalized spacial score (nSPS) is 15.5. The molecule has 3 aromatic rings. The van der Waals surface area contributed by atoms with Crippen LogP contribution in [0.25, 0.3) is 5.52 Å². The lowest BCUT2D eigenvalue weighted by molar-refractivity contribution is 0.0923. The SMILES string of the molecule is Cc1ccnc([C@H](NC(=O)c2cccc3ccnn23)C2CC2)c1. The van der Waals surface area contributed by atoms with Crippen molar-refractivity contribution < 1.29 is 4.79 Å². The van der Waals surface area contributed by atoms with E-state index >= 15 is 0 Å². The molecule has 3 aromatic heterocycles. The number of nitrogens with one attached hydrogen (secondary N) is 1. The third-order valence-corrected chi connectivity index (χ3v) is 4.29. The van der Waals surface area contributed by atoms with Crippen molar-refractivity contribution >= 4 is 11.4 Å². The maximum absolute atomic E-state index is 12.8. The van der Waals surface area contributed by atoms with Crippen LogP contribution in [0.15, 0.2) is 48.8 Å². The van der Waals surface area contributed by atoms with E-state index < -0.39 is 0 Å². The van der Waals surface area contributed by atoms with Gasteiger partial charge in [-0.2, -0.15) is 5.10 Å². The zero-order valence-corrected chi connectivity index (χ0v) is 12.9. The average molecular weight is 306 g/mol. The molecule has 1 saturated carbocycles. The smallest absolute Gasteiger partial charge is 0.270 e. The first-order valence-corrected chi connectivity index (χ1v) is 7.88. The monoisotopic (exact) mass is 306 g/mol. The molecule has 0 aromatic carbocycles. The van der Waals surface area contributed by atoms with Crippen molar-refractivity contribution in [3.05, 3.63) is 65.7 Å². The number of hydrogen-bond acceptors (Lipinski definition) is 3. The van der Waals surface area contributed by atoms with E-state index in [1.807, 2.05) is 31.2 Å². The van der Waals surface area contributed by atoms with Crippen LogP contribution in [0, 0.1) is 12.8 Å². The van der Waals surface area contributed by atoms with E-state index in [0.717, 1.165) is 29.6 Å². The maximum Gasteiger partial charge on any atom is 0.270 e. The van der Waals surface area contributed by atoms with Crippen LogP contribution in [-0.2, 0) is 0 Å². The van der Waals surface area contributed by atoms with Crippen molar-refractivity contribution in [3.8, 4) is 0 Å². The minimum absolute atomic E-state index is 0.0341. The fourth-order valence-electron chi connectivity index (χ4n) is 2.93. The summed E-state index contributed by atoms with van der Waals surface area (Å²) in [5.74, 6) is 0.365. The Labute approximate surface area is 134 Å². The second-order valence-corrected chi connectivity index (χ2v) is 6.13. The molecule has 5 nitrogen and oxygen atoms in total. The molecule has 0 saturated heterocycles. The van der Waals surface area contributed by atoms with E-state index in [1.165, 1.54) is 0 Å². The Balaban J connectivity index is 1.64. The zero-order valence-electron chi connectivity index (χ0n) is 12.9. The summed E-state index contributed by atoms with van der Waals surface area (Å²) in [6, 6.07) is 11.5. The van der Waals surface area contributed by atoms with Crippen LogP contribution in [0.1, 0.15) is 40.6 Å². The number of fused-ring (bicyclic) bond motifs is 1. The van der Waals surface area contributed by atoms with Gasteiger partial charge in [-0.25, -0.2) is 4.52 Å². The van der Waals surface area contributed by atoms with Gasteiger partial charge in [-0.3, -0.25) is 9.78 Å². The summed E-state index contributed by atoms with van der Waals surface area (Å²) in [4.78, 5) is 17.2. The third-order valence-electron chi connectivity index (χ3n) is 4.29. The Morgan fingerprint density at radius 2 is 2.13 bits per heavy atom. The van der Waals surface area contributed by atoms with Gasteiger partial charge in [0.25, 0.3) is 5.91 Å². The zero-order chi connectivity index (χ0) is 15.8. The topological polar surface area (TPSA) is 59.3 Å². The standard InChI is InChI=1S/C18H18N4O/c1-12-7-9-19-15(11-12)17(13-5-6-13)21-18(23)16-4-2-3-14-8-10-20-22(14)16/h2-4,7-11,13,17H,5-6H2,1H3,(H,21,23)/t17-/m1/s1. The summed E-state index contributed by atoms with van der Waals surface area (Å²) < 4.78 is 1.67. The van der Waals surface area contributed by atoms with Crippen molar-refractivity contribution in [2.45, 2.75) is 25.8 Å². The number of carbonyl (C=O) groups excluding carboxylic acids is 1. The summed E-state index contributed by atoms with van der Waals surface area (Å²) in [7, 11) is 0. The van der Waals surface area contributed by atoms with Crippen LogP contribution >= 0.6 is 0 Å². The van der Waals surface area contributed by atoms with Crippen molar-refractivity contribution in [1.29, 1.82) is 0 Å². The highest BCUT2D eigenvalue weighted by Gasteiger charge is 2.34. The lowest BCUT2D eigenvalue weighted by Crippen LogP contribution is -2.32. The largest absolute Gasteiger partial charge is 0.342 e. The molecule has 1 aliphatic rings.